The van der Waals surface area contributed by atoms with Crippen molar-refractivity contribution >= 4 is 5.97 Å². The molecule has 0 saturated heterocycles. The maximum absolute atomic E-state index is 12.0. The Hall–Kier alpha value is -0.530. The molecule has 2 nitrogen and oxygen atoms in total. The van der Waals surface area contributed by atoms with Crippen LogP contribution in [0.25, 0.3) is 0 Å². The normalized spacial score (nSPS) is 14.8. The van der Waals surface area contributed by atoms with Gasteiger partial charge in [0.25, 0.3) is 0 Å². The minimum atomic E-state index is -0.773. The van der Waals surface area contributed by atoms with Crippen LogP contribution >= 0.6 is 0 Å². The van der Waals surface area contributed by atoms with Crippen molar-refractivity contribution < 1.29 is 9.90 Å². The zero-order valence-corrected chi connectivity index (χ0v) is 21.7. The predicted octanol–water partition coefficient (Wildman–Crippen LogP) is 9.12. The molecule has 1 unspecified atom stereocenters. The molecule has 0 amide bonds. The van der Waals surface area contributed by atoms with Gasteiger partial charge in [0.15, 0.2) is 0 Å². The first kappa shape index (κ1) is 28.5. The number of carboxylic acid groups (broad SMARTS) is 1. The topological polar surface area (TPSA) is 37.3 Å². The van der Waals surface area contributed by atoms with Crippen molar-refractivity contribution in [2.45, 2.75) is 140 Å². The number of rotatable bonds is 16. The van der Waals surface area contributed by atoms with Crippen LogP contribution in [-0.2, 0) is 4.79 Å². The molecule has 1 atom stereocenters. The van der Waals surface area contributed by atoms with Crippen molar-refractivity contribution in [1.29, 1.82) is 0 Å². The summed E-state index contributed by atoms with van der Waals surface area (Å²) in [7, 11) is 0. The van der Waals surface area contributed by atoms with Crippen LogP contribution in [0.3, 0.4) is 0 Å². The largest absolute Gasteiger partial charge is 0.481 e. The Morgan fingerprint density at radius 1 is 0.690 bits per heavy atom. The lowest BCUT2D eigenvalue weighted by Gasteiger charge is -2.59. The van der Waals surface area contributed by atoms with Gasteiger partial charge in [-0.1, -0.05) is 126 Å². The number of aliphatic carboxylic acids is 1. The first-order valence-electron chi connectivity index (χ1n) is 12.4. The maximum Gasteiger partial charge on any atom is 0.309 e. The number of carbonyl (C=O) groups is 1. The first-order valence-corrected chi connectivity index (χ1v) is 12.4. The van der Waals surface area contributed by atoms with Crippen molar-refractivity contribution in [1.82, 2.24) is 0 Å². The lowest BCUT2D eigenvalue weighted by molar-refractivity contribution is -0.171. The third kappa shape index (κ3) is 7.00. The van der Waals surface area contributed by atoms with Crippen LogP contribution in [0.5, 0.6) is 0 Å². The quantitative estimate of drug-likeness (QED) is 0.257. The van der Waals surface area contributed by atoms with Crippen LogP contribution in [0.1, 0.15) is 140 Å². The minimum absolute atomic E-state index is 0.0580. The van der Waals surface area contributed by atoms with E-state index in [1.54, 1.807) is 0 Å². The highest BCUT2D eigenvalue weighted by Crippen LogP contribution is 2.61. The van der Waals surface area contributed by atoms with Crippen LogP contribution in [0.2, 0.25) is 0 Å². The smallest absolute Gasteiger partial charge is 0.309 e. The van der Waals surface area contributed by atoms with Gasteiger partial charge in [0.2, 0.25) is 0 Å². The van der Waals surface area contributed by atoms with E-state index >= 15 is 0 Å². The fraction of sp³-hybridized carbons (Fsp3) is 0.963. The van der Waals surface area contributed by atoms with Gasteiger partial charge in [0.05, 0.1) is 5.41 Å². The molecule has 0 aromatic carbocycles. The SMILES string of the molecule is CCCCCCCCCCCCC(C)C(C)(C)C(C)(C)C(C)(C)C(C)(C)C(=O)O. The zero-order chi connectivity index (χ0) is 22.9. The van der Waals surface area contributed by atoms with Crippen molar-refractivity contribution in [2.75, 3.05) is 0 Å². The molecule has 0 bridgehead atoms. The van der Waals surface area contributed by atoms with E-state index in [1.807, 2.05) is 13.8 Å². The van der Waals surface area contributed by atoms with E-state index in [-0.39, 0.29) is 16.2 Å². The van der Waals surface area contributed by atoms with Gasteiger partial charge in [-0.05, 0) is 36.0 Å². The molecular weight excluding hydrogens is 356 g/mol. The highest BCUT2D eigenvalue weighted by atomic mass is 16.4. The summed E-state index contributed by atoms with van der Waals surface area (Å²) >= 11 is 0. The average Bonchev–Trinajstić information content (AvgIpc) is 2.62. The Bertz CT molecular complexity index is 471. The van der Waals surface area contributed by atoms with E-state index in [2.05, 4.69) is 55.4 Å². The summed E-state index contributed by atoms with van der Waals surface area (Å²) in [5.41, 5.74) is -1.16. The summed E-state index contributed by atoms with van der Waals surface area (Å²) in [4.78, 5) is 12.0. The summed E-state index contributed by atoms with van der Waals surface area (Å²) in [6, 6.07) is 0. The third-order valence-electron chi connectivity index (χ3n) is 9.49. The predicted molar refractivity (Wildman–Crippen MR) is 128 cm³/mol. The Balaban J connectivity index is 4.60. The van der Waals surface area contributed by atoms with Gasteiger partial charge in [-0.3, -0.25) is 4.79 Å². The second-order valence-electron chi connectivity index (χ2n) is 11.8. The van der Waals surface area contributed by atoms with E-state index in [4.69, 9.17) is 0 Å². The van der Waals surface area contributed by atoms with E-state index in [9.17, 15) is 9.90 Å². The van der Waals surface area contributed by atoms with E-state index < -0.39 is 11.4 Å². The molecule has 0 radical (unpaired) electrons. The van der Waals surface area contributed by atoms with Crippen molar-refractivity contribution in [3.8, 4) is 0 Å². The molecule has 0 saturated carbocycles. The highest BCUT2D eigenvalue weighted by Gasteiger charge is 2.58. The Morgan fingerprint density at radius 2 is 1.07 bits per heavy atom. The summed E-state index contributed by atoms with van der Waals surface area (Å²) in [5.74, 6) is -0.135. The number of hydrogen-bond acceptors (Lipinski definition) is 1. The van der Waals surface area contributed by atoms with Crippen molar-refractivity contribution in [3.63, 3.8) is 0 Å². The summed E-state index contributed by atoms with van der Waals surface area (Å²) in [5, 5.41) is 9.85. The molecule has 0 aliphatic heterocycles. The van der Waals surface area contributed by atoms with Crippen LogP contribution < -0.4 is 0 Å². The standard InChI is InChI=1S/C27H54O2/c1-11-12-13-14-15-16-17-18-19-20-21-22(2)24(3,4)26(7,8)27(9,10)25(5,6)23(28)29/h22H,11-21H2,1-10H3,(H,28,29). The van der Waals surface area contributed by atoms with Gasteiger partial charge in [0.1, 0.15) is 0 Å². The van der Waals surface area contributed by atoms with Gasteiger partial charge >= 0.3 is 5.97 Å². The highest BCUT2D eigenvalue weighted by molar-refractivity contribution is 5.74. The number of carboxylic acids is 1. The Labute approximate surface area is 183 Å². The fourth-order valence-electron chi connectivity index (χ4n) is 4.77. The lowest BCUT2D eigenvalue weighted by atomic mass is 9.45. The molecule has 0 aromatic heterocycles. The molecule has 2 heteroatoms. The third-order valence-corrected chi connectivity index (χ3v) is 9.49. The first-order chi connectivity index (χ1) is 13.2. The Morgan fingerprint density at radius 3 is 1.45 bits per heavy atom. The van der Waals surface area contributed by atoms with Crippen molar-refractivity contribution in [3.05, 3.63) is 0 Å². The van der Waals surface area contributed by atoms with E-state index in [0.717, 1.165) is 0 Å². The molecular formula is C27H54O2. The van der Waals surface area contributed by atoms with Crippen LogP contribution in [0.4, 0.5) is 0 Å². The summed E-state index contributed by atoms with van der Waals surface area (Å²) in [6.45, 7) is 22.0. The molecule has 29 heavy (non-hydrogen) atoms. The zero-order valence-electron chi connectivity index (χ0n) is 21.7. The molecule has 0 aliphatic rings. The van der Waals surface area contributed by atoms with E-state index in [0.29, 0.717) is 5.92 Å². The summed E-state index contributed by atoms with van der Waals surface area (Å²) < 4.78 is 0. The number of hydrogen-bond donors (Lipinski definition) is 1. The number of unbranched alkanes of at least 4 members (excludes halogenated alkanes) is 9. The molecule has 0 rings (SSSR count). The van der Waals surface area contributed by atoms with Gasteiger partial charge in [-0.15, -0.1) is 0 Å². The van der Waals surface area contributed by atoms with Gasteiger partial charge in [-0.2, -0.15) is 0 Å². The van der Waals surface area contributed by atoms with E-state index in [1.165, 1.54) is 70.6 Å². The van der Waals surface area contributed by atoms with Crippen LogP contribution in [0.15, 0.2) is 0 Å². The maximum atomic E-state index is 12.0. The second-order valence-corrected chi connectivity index (χ2v) is 11.8. The molecule has 0 spiro atoms. The lowest BCUT2D eigenvalue weighted by Crippen LogP contribution is -2.56. The van der Waals surface area contributed by atoms with Gasteiger partial charge < -0.3 is 5.11 Å². The second kappa shape index (κ2) is 11.8. The minimum Gasteiger partial charge on any atom is -0.481 e. The van der Waals surface area contributed by atoms with Gasteiger partial charge in [-0.25, -0.2) is 0 Å². The molecule has 0 fully saturated rings. The summed E-state index contributed by atoms with van der Waals surface area (Å²) in [6.07, 6.45) is 15.0. The van der Waals surface area contributed by atoms with Crippen LogP contribution in [0, 0.1) is 27.6 Å². The monoisotopic (exact) mass is 410 g/mol. The van der Waals surface area contributed by atoms with Gasteiger partial charge in [0, 0.05) is 0 Å². The average molecular weight is 411 g/mol. The molecule has 174 valence electrons. The fourth-order valence-corrected chi connectivity index (χ4v) is 4.77. The molecule has 0 heterocycles. The van der Waals surface area contributed by atoms with Crippen LogP contribution in [-0.4, -0.2) is 11.1 Å². The molecule has 1 N–H and O–H groups in total. The molecule has 0 aliphatic carbocycles. The Kier molecular flexibility index (Phi) is 11.5. The molecule has 0 aromatic rings. The van der Waals surface area contributed by atoms with Crippen molar-refractivity contribution in [2.24, 2.45) is 27.6 Å².